The highest BCUT2D eigenvalue weighted by atomic mass is 16.5. The zero-order valence-corrected chi connectivity index (χ0v) is 10.1. The average Bonchev–Trinajstić information content (AvgIpc) is 2.90. The van der Waals surface area contributed by atoms with Gasteiger partial charge in [0.1, 0.15) is 0 Å². The minimum absolute atomic E-state index is 0.192. The Hall–Kier alpha value is -1.36. The van der Waals surface area contributed by atoms with Gasteiger partial charge in [0.15, 0.2) is 0 Å². The summed E-state index contributed by atoms with van der Waals surface area (Å²) < 4.78 is 6.86. The Bertz CT molecular complexity index is 343. The fraction of sp³-hybridized carbons (Fsp3) is 0.667. The minimum atomic E-state index is 0.192. The van der Waals surface area contributed by atoms with Crippen molar-refractivity contribution in [3.05, 3.63) is 18.5 Å². The Balaban J connectivity index is 1.80. The lowest BCUT2D eigenvalue weighted by molar-refractivity contribution is -0.133. The molecule has 1 fully saturated rings. The molecule has 17 heavy (non-hydrogen) atoms. The van der Waals surface area contributed by atoms with Gasteiger partial charge < -0.3 is 9.64 Å². The summed E-state index contributed by atoms with van der Waals surface area (Å²) in [6.45, 7) is 2.13. The number of hydrogen-bond acceptors (Lipinski definition) is 3. The van der Waals surface area contributed by atoms with Crippen LogP contribution in [0.4, 0.5) is 0 Å². The standard InChI is InChI=1S/C12H18N3O2/c1-17-10-5-12(16)14-8-3-11(4-9-14)15-7-2-6-13-15/h6-7,11H,3-5,8-10H2,1H3. The fourth-order valence-electron chi connectivity index (χ4n) is 2.17. The number of aromatic nitrogens is 2. The molecule has 0 aromatic carbocycles. The smallest absolute Gasteiger partial charge is 0.224 e. The van der Waals surface area contributed by atoms with Gasteiger partial charge in [0.05, 0.1) is 25.3 Å². The van der Waals surface area contributed by atoms with E-state index >= 15 is 0 Å². The maximum atomic E-state index is 11.8. The fourth-order valence-corrected chi connectivity index (χ4v) is 2.17. The molecule has 5 heteroatoms. The minimum Gasteiger partial charge on any atom is -0.384 e. The number of rotatable bonds is 4. The topological polar surface area (TPSA) is 47.4 Å². The number of methoxy groups -OCH3 is 1. The SMILES string of the molecule is COCCC(=O)N1CCC(n2c[c]cn2)CC1. The summed E-state index contributed by atoms with van der Waals surface area (Å²) in [4.78, 5) is 13.7. The molecule has 1 saturated heterocycles. The largest absolute Gasteiger partial charge is 0.384 e. The first-order chi connectivity index (χ1) is 8.31. The van der Waals surface area contributed by atoms with Crippen LogP contribution in [0, 0.1) is 6.07 Å². The summed E-state index contributed by atoms with van der Waals surface area (Å²) in [6.07, 6.45) is 5.96. The second-order valence-electron chi connectivity index (χ2n) is 4.28. The number of carbonyl (C=O) groups is 1. The lowest BCUT2D eigenvalue weighted by atomic mass is 10.1. The van der Waals surface area contributed by atoms with E-state index < -0.39 is 0 Å². The molecule has 0 bridgehead atoms. The molecule has 1 aromatic rings. The lowest BCUT2D eigenvalue weighted by Crippen LogP contribution is -2.39. The summed E-state index contributed by atoms with van der Waals surface area (Å²) in [5.41, 5.74) is 0. The first-order valence-corrected chi connectivity index (χ1v) is 5.98. The van der Waals surface area contributed by atoms with E-state index in [1.807, 2.05) is 15.8 Å². The van der Waals surface area contributed by atoms with Crippen LogP contribution in [-0.2, 0) is 9.53 Å². The molecule has 0 unspecified atom stereocenters. The molecule has 1 radical (unpaired) electrons. The normalized spacial score (nSPS) is 17.4. The first-order valence-electron chi connectivity index (χ1n) is 5.98. The molecule has 2 rings (SSSR count). The van der Waals surface area contributed by atoms with Crippen molar-refractivity contribution in [1.29, 1.82) is 0 Å². The molecule has 2 heterocycles. The lowest BCUT2D eigenvalue weighted by Gasteiger charge is -2.32. The van der Waals surface area contributed by atoms with Crippen LogP contribution in [0.25, 0.3) is 0 Å². The van der Waals surface area contributed by atoms with Crippen molar-refractivity contribution in [1.82, 2.24) is 14.7 Å². The van der Waals surface area contributed by atoms with E-state index in [-0.39, 0.29) is 5.91 Å². The molecule has 1 aliphatic heterocycles. The highest BCUT2D eigenvalue weighted by Crippen LogP contribution is 2.21. The molecule has 0 aliphatic carbocycles. The van der Waals surface area contributed by atoms with Gasteiger partial charge in [-0.05, 0) is 12.8 Å². The third kappa shape index (κ3) is 3.06. The maximum Gasteiger partial charge on any atom is 0.224 e. The van der Waals surface area contributed by atoms with Crippen LogP contribution in [-0.4, -0.2) is 47.4 Å². The van der Waals surface area contributed by atoms with Crippen LogP contribution in [0.1, 0.15) is 25.3 Å². The summed E-state index contributed by atoms with van der Waals surface area (Å²) in [7, 11) is 1.62. The second-order valence-corrected chi connectivity index (χ2v) is 4.28. The van der Waals surface area contributed by atoms with Gasteiger partial charge >= 0.3 is 0 Å². The first kappa shape index (κ1) is 12.1. The number of hydrogen-bond donors (Lipinski definition) is 0. The Morgan fingerprint density at radius 2 is 2.29 bits per heavy atom. The predicted molar refractivity (Wildman–Crippen MR) is 62.4 cm³/mol. The summed E-state index contributed by atoms with van der Waals surface area (Å²) in [6, 6.07) is 3.35. The highest BCUT2D eigenvalue weighted by molar-refractivity contribution is 5.76. The molecule has 1 aromatic heterocycles. The molecular formula is C12H18N3O2. The summed E-state index contributed by atoms with van der Waals surface area (Å²) in [5.74, 6) is 0.192. The molecule has 0 atom stereocenters. The van der Waals surface area contributed by atoms with Gasteiger partial charge in [-0.2, -0.15) is 5.10 Å². The Kier molecular flexibility index (Phi) is 4.14. The van der Waals surface area contributed by atoms with Gasteiger partial charge in [-0.3, -0.25) is 9.48 Å². The second kappa shape index (κ2) is 5.82. The van der Waals surface area contributed by atoms with Crippen molar-refractivity contribution in [3.8, 4) is 0 Å². The number of piperidine rings is 1. The van der Waals surface area contributed by atoms with Crippen LogP contribution in [0.2, 0.25) is 0 Å². The number of ether oxygens (including phenoxy) is 1. The molecule has 1 amide bonds. The third-order valence-electron chi connectivity index (χ3n) is 3.18. The van der Waals surface area contributed by atoms with Gasteiger partial charge in [-0.15, -0.1) is 0 Å². The van der Waals surface area contributed by atoms with E-state index in [1.165, 1.54) is 0 Å². The van der Waals surface area contributed by atoms with Gasteiger partial charge in [0, 0.05) is 32.5 Å². The zero-order valence-electron chi connectivity index (χ0n) is 10.1. The Morgan fingerprint density at radius 1 is 1.53 bits per heavy atom. The van der Waals surface area contributed by atoms with E-state index in [2.05, 4.69) is 11.2 Å². The molecule has 0 saturated carbocycles. The molecule has 5 nitrogen and oxygen atoms in total. The maximum absolute atomic E-state index is 11.8. The highest BCUT2D eigenvalue weighted by Gasteiger charge is 2.23. The molecule has 0 N–H and O–H groups in total. The van der Waals surface area contributed by atoms with Crippen molar-refractivity contribution >= 4 is 5.91 Å². The van der Waals surface area contributed by atoms with Crippen molar-refractivity contribution in [2.75, 3.05) is 26.8 Å². The van der Waals surface area contributed by atoms with Crippen LogP contribution >= 0.6 is 0 Å². The van der Waals surface area contributed by atoms with Crippen LogP contribution in [0.15, 0.2) is 12.4 Å². The molecule has 1 aliphatic rings. The van der Waals surface area contributed by atoms with Crippen molar-refractivity contribution < 1.29 is 9.53 Å². The molecule has 93 valence electrons. The van der Waals surface area contributed by atoms with E-state index in [0.717, 1.165) is 25.9 Å². The van der Waals surface area contributed by atoms with E-state index in [0.29, 0.717) is 19.1 Å². The number of nitrogens with zero attached hydrogens (tertiary/aromatic N) is 3. The zero-order chi connectivity index (χ0) is 12.1. The van der Waals surface area contributed by atoms with E-state index in [4.69, 9.17) is 4.74 Å². The number of carbonyl (C=O) groups excluding carboxylic acids is 1. The van der Waals surface area contributed by atoms with Crippen LogP contribution in [0.5, 0.6) is 0 Å². The molecular weight excluding hydrogens is 218 g/mol. The Labute approximate surface area is 101 Å². The number of likely N-dealkylation sites (tertiary alicyclic amines) is 1. The van der Waals surface area contributed by atoms with E-state index in [9.17, 15) is 4.79 Å². The van der Waals surface area contributed by atoms with Crippen molar-refractivity contribution in [2.24, 2.45) is 0 Å². The van der Waals surface area contributed by atoms with Gasteiger partial charge in [0.25, 0.3) is 0 Å². The van der Waals surface area contributed by atoms with Gasteiger partial charge in [-0.25, -0.2) is 0 Å². The molecule has 0 spiro atoms. The van der Waals surface area contributed by atoms with E-state index in [1.54, 1.807) is 13.3 Å². The van der Waals surface area contributed by atoms with Crippen molar-refractivity contribution in [3.63, 3.8) is 0 Å². The van der Waals surface area contributed by atoms with Gasteiger partial charge in [0.2, 0.25) is 5.91 Å². The third-order valence-corrected chi connectivity index (χ3v) is 3.18. The number of amides is 1. The summed E-state index contributed by atoms with van der Waals surface area (Å²) >= 11 is 0. The summed E-state index contributed by atoms with van der Waals surface area (Å²) in [5, 5.41) is 4.20. The average molecular weight is 236 g/mol. The Morgan fingerprint density at radius 3 is 2.88 bits per heavy atom. The van der Waals surface area contributed by atoms with Crippen LogP contribution in [0.3, 0.4) is 0 Å². The van der Waals surface area contributed by atoms with Crippen molar-refractivity contribution in [2.45, 2.75) is 25.3 Å². The quantitative estimate of drug-likeness (QED) is 0.779. The monoisotopic (exact) mass is 236 g/mol. The van der Waals surface area contributed by atoms with Crippen LogP contribution < -0.4 is 0 Å². The predicted octanol–water partition coefficient (Wildman–Crippen LogP) is 0.883. The van der Waals surface area contributed by atoms with Gasteiger partial charge in [-0.1, -0.05) is 0 Å².